The number of rotatable bonds is 4. The summed E-state index contributed by atoms with van der Waals surface area (Å²) in [5.74, 6) is 1.31. The zero-order valence-electron chi connectivity index (χ0n) is 12.8. The van der Waals surface area contributed by atoms with Gasteiger partial charge in [0.25, 0.3) is 0 Å². The van der Waals surface area contributed by atoms with Crippen LogP contribution >= 0.6 is 11.3 Å². The summed E-state index contributed by atoms with van der Waals surface area (Å²) in [6.07, 6.45) is 0. The van der Waals surface area contributed by atoms with Crippen molar-refractivity contribution < 1.29 is 17.9 Å². The van der Waals surface area contributed by atoms with Crippen molar-refractivity contribution in [3.05, 3.63) is 47.0 Å². The van der Waals surface area contributed by atoms with Gasteiger partial charge in [-0.2, -0.15) is 0 Å². The Morgan fingerprint density at radius 1 is 1.17 bits per heavy atom. The van der Waals surface area contributed by atoms with E-state index in [0.717, 1.165) is 20.8 Å². The highest BCUT2D eigenvalue weighted by Gasteiger charge is 2.17. The van der Waals surface area contributed by atoms with Crippen molar-refractivity contribution in [2.75, 3.05) is 6.79 Å². The quantitative estimate of drug-likeness (QED) is 0.772. The molecule has 2 aromatic carbocycles. The zero-order valence-corrected chi connectivity index (χ0v) is 14.4. The second-order valence-corrected chi connectivity index (χ2v) is 8.38. The number of benzene rings is 2. The van der Waals surface area contributed by atoms with Crippen molar-refractivity contribution in [2.45, 2.75) is 18.4 Å². The zero-order chi connectivity index (χ0) is 16.7. The number of hydrogen-bond donors (Lipinski definition) is 1. The molecule has 0 unspecified atom stereocenters. The van der Waals surface area contributed by atoms with Crippen LogP contribution in [0.3, 0.4) is 0 Å². The molecule has 3 aromatic rings. The molecule has 1 N–H and O–H groups in total. The van der Waals surface area contributed by atoms with E-state index in [4.69, 9.17) is 9.47 Å². The molecule has 2 heterocycles. The van der Waals surface area contributed by atoms with E-state index in [-0.39, 0.29) is 18.2 Å². The molecular weight excluding hydrogens is 348 g/mol. The number of fused-ring (bicyclic) bond motifs is 2. The SMILES string of the molecule is Cc1nc2ccc(S(=O)(=O)NCc3ccc4c(c3)OCO4)cc2s1. The normalized spacial score (nSPS) is 13.5. The number of nitrogens with zero attached hydrogens (tertiary/aromatic N) is 1. The van der Waals surface area contributed by atoms with Gasteiger partial charge in [0.1, 0.15) is 0 Å². The van der Waals surface area contributed by atoms with E-state index in [1.165, 1.54) is 11.3 Å². The fraction of sp³-hybridized carbons (Fsp3) is 0.188. The maximum absolute atomic E-state index is 12.5. The number of aromatic nitrogens is 1. The van der Waals surface area contributed by atoms with E-state index in [9.17, 15) is 8.42 Å². The summed E-state index contributed by atoms with van der Waals surface area (Å²) in [6.45, 7) is 2.27. The van der Waals surface area contributed by atoms with Gasteiger partial charge in [-0.15, -0.1) is 11.3 Å². The van der Waals surface area contributed by atoms with E-state index in [1.807, 2.05) is 13.0 Å². The van der Waals surface area contributed by atoms with Crippen LogP contribution in [0.2, 0.25) is 0 Å². The van der Waals surface area contributed by atoms with E-state index in [0.29, 0.717) is 11.5 Å². The molecule has 1 aromatic heterocycles. The molecule has 0 atom stereocenters. The van der Waals surface area contributed by atoms with Gasteiger partial charge in [-0.1, -0.05) is 6.07 Å². The Kier molecular flexibility index (Phi) is 3.67. The lowest BCUT2D eigenvalue weighted by molar-refractivity contribution is 0.174. The lowest BCUT2D eigenvalue weighted by atomic mass is 10.2. The van der Waals surface area contributed by atoms with E-state index >= 15 is 0 Å². The highest BCUT2D eigenvalue weighted by molar-refractivity contribution is 7.89. The molecule has 0 fully saturated rings. The summed E-state index contributed by atoms with van der Waals surface area (Å²) >= 11 is 1.48. The van der Waals surface area contributed by atoms with E-state index in [1.54, 1.807) is 30.3 Å². The first-order valence-electron chi connectivity index (χ1n) is 7.27. The average Bonchev–Trinajstić information content (AvgIpc) is 3.16. The maximum atomic E-state index is 12.5. The smallest absolute Gasteiger partial charge is 0.240 e. The van der Waals surface area contributed by atoms with Crippen LogP contribution in [0, 0.1) is 6.92 Å². The topological polar surface area (TPSA) is 77.5 Å². The van der Waals surface area contributed by atoms with Crippen molar-refractivity contribution >= 4 is 31.6 Å². The minimum atomic E-state index is -3.60. The molecule has 0 amide bonds. The molecule has 0 saturated heterocycles. The monoisotopic (exact) mass is 362 g/mol. The summed E-state index contributed by atoms with van der Waals surface area (Å²) in [4.78, 5) is 4.58. The molecule has 0 radical (unpaired) electrons. The van der Waals surface area contributed by atoms with Crippen molar-refractivity contribution in [1.82, 2.24) is 9.71 Å². The van der Waals surface area contributed by atoms with Crippen LogP contribution in [0.5, 0.6) is 11.5 Å². The van der Waals surface area contributed by atoms with E-state index in [2.05, 4.69) is 9.71 Å². The van der Waals surface area contributed by atoms with Crippen LogP contribution in [-0.4, -0.2) is 20.2 Å². The Labute approximate surface area is 143 Å². The van der Waals surface area contributed by atoms with Crippen molar-refractivity contribution in [1.29, 1.82) is 0 Å². The standard InChI is InChI=1S/C16H14N2O4S2/c1-10-18-13-4-3-12(7-16(13)23-10)24(19,20)17-8-11-2-5-14-15(6-11)22-9-21-14/h2-7,17H,8-9H2,1H3. The van der Waals surface area contributed by atoms with Crippen LogP contribution < -0.4 is 14.2 Å². The van der Waals surface area contributed by atoms with Gasteiger partial charge < -0.3 is 9.47 Å². The van der Waals surface area contributed by atoms with Gasteiger partial charge in [0.2, 0.25) is 16.8 Å². The van der Waals surface area contributed by atoms with Gasteiger partial charge >= 0.3 is 0 Å². The Morgan fingerprint density at radius 3 is 2.88 bits per heavy atom. The molecule has 124 valence electrons. The molecule has 1 aliphatic rings. The number of sulfonamides is 1. The van der Waals surface area contributed by atoms with Gasteiger partial charge in [-0.25, -0.2) is 18.1 Å². The predicted octanol–water partition coefficient (Wildman–Crippen LogP) is 2.81. The maximum Gasteiger partial charge on any atom is 0.240 e. The average molecular weight is 362 g/mol. The predicted molar refractivity (Wildman–Crippen MR) is 90.9 cm³/mol. The molecule has 0 spiro atoms. The third-order valence-corrected chi connectivity index (χ3v) is 6.01. The van der Waals surface area contributed by atoms with Gasteiger partial charge in [-0.05, 0) is 42.8 Å². The Bertz CT molecular complexity index is 1030. The Hall–Kier alpha value is -2.16. The van der Waals surface area contributed by atoms with Gasteiger partial charge in [0, 0.05) is 6.54 Å². The molecular formula is C16H14N2O4S2. The number of nitrogens with one attached hydrogen (secondary N) is 1. The first-order valence-corrected chi connectivity index (χ1v) is 9.57. The molecule has 0 bridgehead atoms. The second kappa shape index (κ2) is 5.73. The molecule has 6 nitrogen and oxygen atoms in total. The number of ether oxygens (including phenoxy) is 2. The third-order valence-electron chi connectivity index (χ3n) is 3.68. The Balaban J connectivity index is 1.55. The summed E-state index contributed by atoms with van der Waals surface area (Å²) < 4.78 is 39.0. The lowest BCUT2D eigenvalue weighted by Crippen LogP contribution is -2.23. The third kappa shape index (κ3) is 2.83. The van der Waals surface area contributed by atoms with Gasteiger partial charge in [0.15, 0.2) is 11.5 Å². The van der Waals surface area contributed by atoms with Crippen LogP contribution in [0.15, 0.2) is 41.3 Å². The first-order chi connectivity index (χ1) is 11.5. The highest BCUT2D eigenvalue weighted by atomic mass is 32.2. The molecule has 0 aliphatic carbocycles. The van der Waals surface area contributed by atoms with Crippen LogP contribution in [-0.2, 0) is 16.6 Å². The van der Waals surface area contributed by atoms with Crippen molar-refractivity contribution in [3.8, 4) is 11.5 Å². The molecule has 4 rings (SSSR count). The molecule has 8 heteroatoms. The van der Waals surface area contributed by atoms with Gasteiger partial charge in [0.05, 0.1) is 20.1 Å². The molecule has 0 saturated carbocycles. The molecule has 24 heavy (non-hydrogen) atoms. The minimum Gasteiger partial charge on any atom is -0.454 e. The number of hydrogen-bond acceptors (Lipinski definition) is 6. The number of aryl methyl sites for hydroxylation is 1. The first kappa shape index (κ1) is 15.4. The largest absolute Gasteiger partial charge is 0.454 e. The van der Waals surface area contributed by atoms with Crippen molar-refractivity contribution in [3.63, 3.8) is 0 Å². The summed E-state index contributed by atoms with van der Waals surface area (Å²) in [6, 6.07) is 10.3. The minimum absolute atomic E-state index is 0.179. The highest BCUT2D eigenvalue weighted by Crippen LogP contribution is 2.32. The van der Waals surface area contributed by atoms with Crippen molar-refractivity contribution in [2.24, 2.45) is 0 Å². The summed E-state index contributed by atoms with van der Waals surface area (Å²) in [5, 5.41) is 0.910. The van der Waals surface area contributed by atoms with Crippen LogP contribution in [0.4, 0.5) is 0 Å². The number of thiazole rings is 1. The van der Waals surface area contributed by atoms with Gasteiger partial charge in [-0.3, -0.25) is 0 Å². The summed E-state index contributed by atoms with van der Waals surface area (Å²) in [7, 11) is -3.60. The fourth-order valence-electron chi connectivity index (χ4n) is 2.50. The Morgan fingerprint density at radius 2 is 2.00 bits per heavy atom. The lowest BCUT2D eigenvalue weighted by Gasteiger charge is -2.07. The molecule has 1 aliphatic heterocycles. The van der Waals surface area contributed by atoms with Crippen LogP contribution in [0.25, 0.3) is 10.2 Å². The summed E-state index contributed by atoms with van der Waals surface area (Å²) in [5.41, 5.74) is 1.62. The second-order valence-electron chi connectivity index (χ2n) is 5.37. The fourth-order valence-corrected chi connectivity index (χ4v) is 4.48. The van der Waals surface area contributed by atoms with E-state index < -0.39 is 10.0 Å². The van der Waals surface area contributed by atoms with Crippen LogP contribution in [0.1, 0.15) is 10.6 Å².